The van der Waals surface area contributed by atoms with Gasteiger partial charge in [0, 0.05) is 11.4 Å². The number of carbonyl (C=O) groups excluding carboxylic acids is 1. The van der Waals surface area contributed by atoms with Crippen LogP contribution in [0.4, 0.5) is 8.78 Å². The van der Waals surface area contributed by atoms with Gasteiger partial charge in [-0.05, 0) is 41.8 Å². The lowest BCUT2D eigenvalue weighted by molar-refractivity contribution is -0.144. The molecule has 25 heavy (non-hydrogen) atoms. The van der Waals surface area contributed by atoms with Crippen molar-refractivity contribution in [1.82, 2.24) is 0 Å². The SMILES string of the molecule is COc1cc(COC(=O)CCc2ccc(Cl)cc2)ccc1OC(F)F. The molecule has 0 saturated heterocycles. The van der Waals surface area contributed by atoms with Gasteiger partial charge in [-0.2, -0.15) is 8.78 Å². The quantitative estimate of drug-likeness (QED) is 0.636. The van der Waals surface area contributed by atoms with E-state index in [9.17, 15) is 13.6 Å². The van der Waals surface area contributed by atoms with Crippen molar-refractivity contribution in [2.24, 2.45) is 0 Å². The Balaban J connectivity index is 1.85. The van der Waals surface area contributed by atoms with Crippen molar-refractivity contribution in [3.63, 3.8) is 0 Å². The van der Waals surface area contributed by atoms with E-state index in [1.807, 2.05) is 12.1 Å². The van der Waals surface area contributed by atoms with Gasteiger partial charge in [0.05, 0.1) is 7.11 Å². The largest absolute Gasteiger partial charge is 0.493 e. The average Bonchev–Trinajstić information content (AvgIpc) is 2.60. The highest BCUT2D eigenvalue weighted by Gasteiger charge is 2.12. The molecule has 2 aromatic rings. The van der Waals surface area contributed by atoms with E-state index >= 15 is 0 Å². The number of hydrogen-bond acceptors (Lipinski definition) is 4. The van der Waals surface area contributed by atoms with Crippen molar-refractivity contribution >= 4 is 17.6 Å². The Hall–Kier alpha value is -2.34. The molecule has 0 aromatic heterocycles. The minimum atomic E-state index is -2.94. The van der Waals surface area contributed by atoms with Gasteiger partial charge in [0.25, 0.3) is 0 Å². The monoisotopic (exact) mass is 370 g/mol. The molecule has 0 saturated carbocycles. The Morgan fingerprint density at radius 2 is 1.76 bits per heavy atom. The van der Waals surface area contributed by atoms with Crippen LogP contribution >= 0.6 is 11.6 Å². The van der Waals surface area contributed by atoms with Crippen LogP contribution in [0.2, 0.25) is 5.02 Å². The Bertz CT molecular complexity index is 705. The van der Waals surface area contributed by atoms with Crippen LogP contribution in [0.1, 0.15) is 17.5 Å². The van der Waals surface area contributed by atoms with Crippen LogP contribution < -0.4 is 9.47 Å². The number of hydrogen-bond donors (Lipinski definition) is 0. The van der Waals surface area contributed by atoms with Crippen LogP contribution in [-0.2, 0) is 22.6 Å². The molecule has 134 valence electrons. The van der Waals surface area contributed by atoms with Gasteiger partial charge < -0.3 is 14.2 Å². The van der Waals surface area contributed by atoms with Crippen LogP contribution in [-0.4, -0.2) is 19.7 Å². The maximum atomic E-state index is 12.3. The number of rotatable bonds is 8. The van der Waals surface area contributed by atoms with Gasteiger partial charge in [-0.25, -0.2) is 0 Å². The van der Waals surface area contributed by atoms with Crippen molar-refractivity contribution in [1.29, 1.82) is 0 Å². The number of benzene rings is 2. The summed E-state index contributed by atoms with van der Waals surface area (Å²) in [5.41, 5.74) is 1.59. The first kappa shape index (κ1) is 19.0. The van der Waals surface area contributed by atoms with Gasteiger partial charge in [0.1, 0.15) is 6.61 Å². The maximum absolute atomic E-state index is 12.3. The fourth-order valence-electron chi connectivity index (χ4n) is 2.13. The lowest BCUT2D eigenvalue weighted by Gasteiger charge is -2.11. The molecule has 0 fully saturated rings. The highest BCUT2D eigenvalue weighted by atomic mass is 35.5. The predicted molar refractivity (Wildman–Crippen MR) is 89.2 cm³/mol. The maximum Gasteiger partial charge on any atom is 0.387 e. The molecule has 2 rings (SSSR count). The van der Waals surface area contributed by atoms with Gasteiger partial charge in [-0.15, -0.1) is 0 Å². The zero-order valence-electron chi connectivity index (χ0n) is 13.5. The summed E-state index contributed by atoms with van der Waals surface area (Å²) >= 11 is 5.80. The standard InChI is InChI=1S/C18H17ClF2O4/c1-23-16-10-13(4-8-15(16)25-18(20)21)11-24-17(22)9-5-12-2-6-14(19)7-3-12/h2-4,6-8,10,18H,5,9,11H2,1H3. The second kappa shape index (κ2) is 9.22. The fourth-order valence-corrected chi connectivity index (χ4v) is 2.25. The summed E-state index contributed by atoms with van der Waals surface area (Å²) in [6.45, 7) is -2.92. The Labute approximate surface area is 149 Å². The van der Waals surface area contributed by atoms with Gasteiger partial charge in [-0.1, -0.05) is 29.8 Å². The molecule has 0 aliphatic rings. The number of ether oxygens (including phenoxy) is 3. The second-order valence-corrected chi connectivity index (χ2v) is 5.59. The highest BCUT2D eigenvalue weighted by molar-refractivity contribution is 6.30. The predicted octanol–water partition coefficient (Wildman–Crippen LogP) is 4.63. The van der Waals surface area contributed by atoms with E-state index < -0.39 is 6.61 Å². The normalized spacial score (nSPS) is 10.6. The zero-order valence-corrected chi connectivity index (χ0v) is 14.3. The third-order valence-corrected chi connectivity index (χ3v) is 3.63. The number of carbonyl (C=O) groups is 1. The zero-order chi connectivity index (χ0) is 18.2. The summed E-state index contributed by atoms with van der Waals surface area (Å²) in [7, 11) is 1.34. The van der Waals surface area contributed by atoms with E-state index in [0.29, 0.717) is 17.0 Å². The molecule has 0 bridgehead atoms. The first-order valence-corrected chi connectivity index (χ1v) is 7.87. The molecular weight excluding hydrogens is 354 g/mol. The third-order valence-electron chi connectivity index (χ3n) is 3.37. The molecular formula is C18H17ClF2O4. The molecule has 2 aromatic carbocycles. The van der Waals surface area contributed by atoms with E-state index in [1.54, 1.807) is 12.1 Å². The van der Waals surface area contributed by atoms with Crippen molar-refractivity contribution in [3.8, 4) is 11.5 Å². The molecule has 0 heterocycles. The molecule has 4 nitrogen and oxygen atoms in total. The van der Waals surface area contributed by atoms with Crippen LogP contribution in [0.5, 0.6) is 11.5 Å². The van der Waals surface area contributed by atoms with Crippen LogP contribution in [0.25, 0.3) is 0 Å². The number of esters is 1. The second-order valence-electron chi connectivity index (χ2n) is 5.15. The number of alkyl halides is 2. The minimum Gasteiger partial charge on any atom is -0.493 e. The molecule has 0 aliphatic carbocycles. The van der Waals surface area contributed by atoms with Crippen molar-refractivity contribution in [2.45, 2.75) is 26.1 Å². The summed E-state index contributed by atoms with van der Waals surface area (Å²) in [6, 6.07) is 11.6. The van der Waals surface area contributed by atoms with Crippen molar-refractivity contribution in [2.75, 3.05) is 7.11 Å². The molecule has 0 radical (unpaired) electrons. The van der Waals surface area contributed by atoms with Gasteiger partial charge >= 0.3 is 12.6 Å². The Morgan fingerprint density at radius 1 is 1.08 bits per heavy atom. The van der Waals surface area contributed by atoms with E-state index in [4.69, 9.17) is 21.1 Å². The topological polar surface area (TPSA) is 44.8 Å². The van der Waals surface area contributed by atoms with Gasteiger partial charge in [-0.3, -0.25) is 4.79 Å². The van der Waals surface area contributed by atoms with Crippen LogP contribution in [0, 0.1) is 0 Å². The first-order valence-electron chi connectivity index (χ1n) is 7.49. The molecule has 0 amide bonds. The van der Waals surface area contributed by atoms with E-state index in [2.05, 4.69) is 4.74 Å². The van der Waals surface area contributed by atoms with E-state index in [1.165, 1.54) is 25.3 Å². The van der Waals surface area contributed by atoms with Crippen molar-refractivity contribution in [3.05, 3.63) is 58.6 Å². The third kappa shape index (κ3) is 6.23. The van der Waals surface area contributed by atoms with Gasteiger partial charge in [0.2, 0.25) is 0 Å². The van der Waals surface area contributed by atoms with Gasteiger partial charge in [0.15, 0.2) is 11.5 Å². The lowest BCUT2D eigenvalue weighted by atomic mass is 10.1. The van der Waals surface area contributed by atoms with Crippen molar-refractivity contribution < 1.29 is 27.8 Å². The average molecular weight is 371 g/mol. The fraction of sp³-hybridized carbons (Fsp3) is 0.278. The number of aryl methyl sites for hydroxylation is 1. The Morgan fingerprint density at radius 3 is 2.40 bits per heavy atom. The molecule has 0 spiro atoms. The first-order chi connectivity index (χ1) is 12.0. The molecule has 0 unspecified atom stereocenters. The van der Waals surface area contributed by atoms with E-state index in [0.717, 1.165) is 5.56 Å². The van der Waals surface area contributed by atoms with E-state index in [-0.39, 0.29) is 30.5 Å². The smallest absolute Gasteiger partial charge is 0.387 e. The summed E-state index contributed by atoms with van der Waals surface area (Å²) in [5.74, 6) is -0.285. The molecule has 0 atom stereocenters. The lowest BCUT2D eigenvalue weighted by Crippen LogP contribution is -2.07. The van der Waals surface area contributed by atoms with Crippen LogP contribution in [0.15, 0.2) is 42.5 Å². The summed E-state index contributed by atoms with van der Waals surface area (Å²) in [4.78, 5) is 11.8. The number of methoxy groups -OCH3 is 1. The summed E-state index contributed by atoms with van der Waals surface area (Å²) in [5, 5.41) is 0.638. The molecule has 0 aliphatic heterocycles. The minimum absolute atomic E-state index is 0.0186. The summed E-state index contributed by atoms with van der Waals surface area (Å²) in [6.07, 6.45) is 0.770. The number of halogens is 3. The van der Waals surface area contributed by atoms with Crippen LogP contribution in [0.3, 0.4) is 0 Å². The highest BCUT2D eigenvalue weighted by Crippen LogP contribution is 2.29. The molecule has 7 heteroatoms. The molecule has 0 N–H and O–H groups in total. The Kier molecular flexibility index (Phi) is 7.01. The summed E-state index contributed by atoms with van der Waals surface area (Å²) < 4.78 is 39.1.